The van der Waals surface area contributed by atoms with E-state index in [2.05, 4.69) is 10.4 Å². The van der Waals surface area contributed by atoms with Crippen LogP contribution in [-0.2, 0) is 11.3 Å². The molecule has 112 valence electrons. The second kappa shape index (κ2) is 5.73. The van der Waals surface area contributed by atoms with E-state index in [1.54, 1.807) is 12.3 Å². The van der Waals surface area contributed by atoms with Gasteiger partial charge in [-0.25, -0.2) is 0 Å². The van der Waals surface area contributed by atoms with Crippen LogP contribution >= 0.6 is 0 Å². The lowest BCUT2D eigenvalue weighted by atomic mass is 10.1. The van der Waals surface area contributed by atoms with Crippen molar-refractivity contribution in [3.8, 4) is 0 Å². The van der Waals surface area contributed by atoms with Gasteiger partial charge in [0.1, 0.15) is 6.10 Å². The van der Waals surface area contributed by atoms with Gasteiger partial charge < -0.3 is 14.5 Å². The number of amides is 1. The first-order chi connectivity index (χ1) is 10.2. The van der Waals surface area contributed by atoms with Gasteiger partial charge in [-0.2, -0.15) is 5.10 Å². The van der Waals surface area contributed by atoms with Gasteiger partial charge in [-0.05, 0) is 26.3 Å². The maximum Gasteiger partial charge on any atom is 0.287 e. The maximum atomic E-state index is 12.2. The molecule has 1 saturated heterocycles. The predicted molar refractivity (Wildman–Crippen MR) is 75.9 cm³/mol. The normalized spacial score (nSPS) is 21.6. The first-order valence-corrected chi connectivity index (χ1v) is 7.18. The van der Waals surface area contributed by atoms with Crippen LogP contribution in [0, 0.1) is 6.92 Å². The highest BCUT2D eigenvalue weighted by Gasteiger charge is 2.32. The molecule has 1 fully saturated rings. The molecule has 1 aliphatic rings. The van der Waals surface area contributed by atoms with E-state index in [0.29, 0.717) is 12.4 Å². The minimum Gasteiger partial charge on any atom is -0.459 e. The molecule has 6 heteroatoms. The van der Waals surface area contributed by atoms with E-state index in [1.165, 1.54) is 6.26 Å². The lowest BCUT2D eigenvalue weighted by molar-refractivity contribution is 0.0800. The minimum atomic E-state index is -0.194. The Morgan fingerprint density at radius 2 is 2.43 bits per heavy atom. The largest absolute Gasteiger partial charge is 0.459 e. The number of nitrogens with one attached hydrogen (secondary N) is 1. The quantitative estimate of drug-likeness (QED) is 0.935. The number of furan rings is 1. The summed E-state index contributed by atoms with van der Waals surface area (Å²) in [5, 5.41) is 7.27. The van der Waals surface area contributed by atoms with Crippen molar-refractivity contribution < 1.29 is 13.9 Å². The van der Waals surface area contributed by atoms with Crippen molar-refractivity contribution in [1.29, 1.82) is 0 Å². The van der Waals surface area contributed by atoms with Crippen molar-refractivity contribution in [1.82, 2.24) is 15.1 Å². The zero-order valence-corrected chi connectivity index (χ0v) is 12.2. The second-order valence-electron chi connectivity index (χ2n) is 5.22. The molecule has 2 atom stereocenters. The summed E-state index contributed by atoms with van der Waals surface area (Å²) in [6.07, 6.45) is 5.93. The van der Waals surface area contributed by atoms with Crippen molar-refractivity contribution in [2.45, 2.75) is 39.0 Å². The number of carbonyl (C=O) groups is 1. The average molecular weight is 289 g/mol. The average Bonchev–Trinajstić information content (AvgIpc) is 3.17. The Morgan fingerprint density at radius 3 is 3.10 bits per heavy atom. The first-order valence-electron chi connectivity index (χ1n) is 7.18. The molecule has 3 heterocycles. The van der Waals surface area contributed by atoms with Gasteiger partial charge in [0.25, 0.3) is 5.91 Å². The molecule has 1 amide bonds. The summed E-state index contributed by atoms with van der Waals surface area (Å²) in [7, 11) is 0. The Morgan fingerprint density at radius 1 is 1.57 bits per heavy atom. The zero-order valence-electron chi connectivity index (χ0n) is 12.2. The number of hydrogen-bond acceptors (Lipinski definition) is 4. The fourth-order valence-corrected chi connectivity index (χ4v) is 2.60. The third-order valence-electron chi connectivity index (χ3n) is 3.78. The van der Waals surface area contributed by atoms with Crippen molar-refractivity contribution >= 4 is 5.91 Å². The van der Waals surface area contributed by atoms with Gasteiger partial charge in [0.15, 0.2) is 5.76 Å². The van der Waals surface area contributed by atoms with Crippen molar-refractivity contribution in [3.63, 3.8) is 0 Å². The van der Waals surface area contributed by atoms with Crippen LogP contribution in [0.1, 0.15) is 41.1 Å². The van der Waals surface area contributed by atoms with Gasteiger partial charge in [0, 0.05) is 30.5 Å². The number of ether oxygens (including phenoxy) is 1. The summed E-state index contributed by atoms with van der Waals surface area (Å²) in [5.74, 6) is 0.172. The molecule has 0 bridgehead atoms. The molecule has 2 aromatic rings. The van der Waals surface area contributed by atoms with Crippen LogP contribution in [0.5, 0.6) is 0 Å². The molecule has 0 aromatic carbocycles. The summed E-state index contributed by atoms with van der Waals surface area (Å²) < 4.78 is 12.8. The van der Waals surface area contributed by atoms with Crippen molar-refractivity contribution in [2.24, 2.45) is 0 Å². The molecule has 1 aliphatic heterocycles. The zero-order chi connectivity index (χ0) is 14.8. The monoisotopic (exact) mass is 289 g/mol. The molecule has 3 rings (SSSR count). The molecule has 0 saturated carbocycles. The summed E-state index contributed by atoms with van der Waals surface area (Å²) in [6.45, 7) is 5.33. The van der Waals surface area contributed by atoms with Gasteiger partial charge in [0.2, 0.25) is 0 Å². The van der Waals surface area contributed by atoms with E-state index in [-0.39, 0.29) is 18.1 Å². The van der Waals surface area contributed by atoms with Gasteiger partial charge in [0.05, 0.1) is 18.5 Å². The molecule has 0 radical (unpaired) electrons. The van der Waals surface area contributed by atoms with Crippen LogP contribution in [0.3, 0.4) is 0 Å². The smallest absolute Gasteiger partial charge is 0.287 e. The molecular formula is C15H19N3O3. The Hall–Kier alpha value is -2.08. The molecule has 0 aliphatic carbocycles. The molecule has 2 aromatic heterocycles. The molecule has 0 unspecified atom stereocenters. The Kier molecular flexibility index (Phi) is 3.79. The standard InChI is InChI=1S/C15H19N3O3/c1-3-18-9-11(8-16-18)14-12(5-7-21-14)17-15(19)13-10(2)4-6-20-13/h4,6,8-9,12,14H,3,5,7H2,1-2H3,(H,17,19)/t12-,14+/m0/s1. The lowest BCUT2D eigenvalue weighted by Gasteiger charge is -2.18. The van der Waals surface area contributed by atoms with E-state index >= 15 is 0 Å². The Labute approximate surface area is 123 Å². The van der Waals surface area contributed by atoms with E-state index in [1.807, 2.05) is 24.7 Å². The molecule has 6 nitrogen and oxygen atoms in total. The molecule has 1 N–H and O–H groups in total. The van der Waals surface area contributed by atoms with Crippen LogP contribution in [0.15, 0.2) is 29.1 Å². The summed E-state index contributed by atoms with van der Waals surface area (Å²) in [4.78, 5) is 12.2. The number of aryl methyl sites for hydroxylation is 2. The van der Waals surface area contributed by atoms with Gasteiger partial charge in [-0.15, -0.1) is 0 Å². The van der Waals surface area contributed by atoms with Crippen LogP contribution in [0.2, 0.25) is 0 Å². The SMILES string of the molecule is CCn1cc([C@H]2OCC[C@@H]2NC(=O)c2occc2C)cn1. The minimum absolute atomic E-state index is 0.0588. The number of aromatic nitrogens is 2. The van der Waals surface area contributed by atoms with Gasteiger partial charge in [-0.3, -0.25) is 9.48 Å². The van der Waals surface area contributed by atoms with Crippen molar-refractivity contribution in [2.75, 3.05) is 6.61 Å². The van der Waals surface area contributed by atoms with E-state index in [4.69, 9.17) is 9.15 Å². The van der Waals surface area contributed by atoms with E-state index < -0.39 is 0 Å². The number of rotatable bonds is 4. The van der Waals surface area contributed by atoms with Crippen LogP contribution in [-0.4, -0.2) is 28.3 Å². The third kappa shape index (κ3) is 2.71. The summed E-state index contributed by atoms with van der Waals surface area (Å²) in [6, 6.07) is 1.72. The predicted octanol–water partition coefficient (Wildman–Crippen LogP) is 2.06. The van der Waals surface area contributed by atoms with Gasteiger partial charge >= 0.3 is 0 Å². The number of carbonyl (C=O) groups excluding carboxylic acids is 1. The molecular weight excluding hydrogens is 270 g/mol. The van der Waals surface area contributed by atoms with Crippen molar-refractivity contribution in [3.05, 3.63) is 41.6 Å². The van der Waals surface area contributed by atoms with Crippen LogP contribution < -0.4 is 5.32 Å². The second-order valence-corrected chi connectivity index (χ2v) is 5.22. The topological polar surface area (TPSA) is 69.3 Å². The fraction of sp³-hybridized carbons (Fsp3) is 0.467. The van der Waals surface area contributed by atoms with E-state index in [0.717, 1.165) is 24.1 Å². The first kappa shape index (κ1) is 13.9. The van der Waals surface area contributed by atoms with Crippen LogP contribution in [0.25, 0.3) is 0 Å². The van der Waals surface area contributed by atoms with Crippen LogP contribution in [0.4, 0.5) is 0 Å². The number of nitrogens with zero attached hydrogens (tertiary/aromatic N) is 2. The third-order valence-corrected chi connectivity index (χ3v) is 3.78. The fourth-order valence-electron chi connectivity index (χ4n) is 2.60. The molecule has 0 spiro atoms. The highest BCUT2D eigenvalue weighted by Crippen LogP contribution is 2.29. The summed E-state index contributed by atoms with van der Waals surface area (Å²) in [5.41, 5.74) is 1.83. The highest BCUT2D eigenvalue weighted by atomic mass is 16.5. The molecule has 21 heavy (non-hydrogen) atoms. The van der Waals surface area contributed by atoms with Gasteiger partial charge in [-0.1, -0.05) is 0 Å². The summed E-state index contributed by atoms with van der Waals surface area (Å²) >= 11 is 0. The Balaban J connectivity index is 1.72. The highest BCUT2D eigenvalue weighted by molar-refractivity contribution is 5.93. The lowest BCUT2D eigenvalue weighted by Crippen LogP contribution is -2.36. The number of hydrogen-bond donors (Lipinski definition) is 1. The van der Waals surface area contributed by atoms with E-state index in [9.17, 15) is 4.79 Å². The Bertz CT molecular complexity index is 632. The maximum absolute atomic E-state index is 12.2.